The molecule has 0 saturated carbocycles. The molecule has 0 N–H and O–H groups in total. The summed E-state index contributed by atoms with van der Waals surface area (Å²) in [4.78, 5) is 0. The van der Waals surface area contributed by atoms with Gasteiger partial charge in [0.15, 0.2) is 0 Å². The summed E-state index contributed by atoms with van der Waals surface area (Å²) >= 11 is -2.13. The molecule has 1 aromatic carbocycles. The van der Waals surface area contributed by atoms with Gasteiger partial charge in [0.1, 0.15) is 5.82 Å². The third kappa shape index (κ3) is 2.89. The van der Waals surface area contributed by atoms with Gasteiger partial charge in [0, 0.05) is 4.75 Å². The lowest BCUT2D eigenvalue weighted by Crippen LogP contribution is -2.28. The van der Waals surface area contributed by atoms with Crippen molar-refractivity contribution in [2.24, 2.45) is 0 Å². The van der Waals surface area contributed by atoms with Crippen LogP contribution in [0.4, 0.5) is 4.39 Å². The van der Waals surface area contributed by atoms with Crippen molar-refractivity contribution in [3.8, 4) is 0 Å². The second-order valence-corrected chi connectivity index (χ2v) is 5.37. The van der Waals surface area contributed by atoms with E-state index in [1.165, 1.54) is 12.1 Å². The number of hydrogen-bond acceptors (Lipinski definition) is 2. The molecule has 0 aliphatic rings. The zero-order valence-electron chi connectivity index (χ0n) is 8.12. The normalized spacial score (nSPS) is 14.0. The molecule has 1 rings (SSSR count). The maximum Gasteiger partial charge on any atom is 0.123 e. The minimum atomic E-state index is -2.13. The van der Waals surface area contributed by atoms with Crippen LogP contribution >= 0.6 is 0 Å². The average Bonchev–Trinajstić information content (AvgIpc) is 2.08. The predicted octanol–water partition coefficient (Wildman–Crippen LogP) is 2.03. The maximum absolute atomic E-state index is 12.6. The molecular formula is C10H12FO2S-. The Balaban J connectivity index is 2.79. The molecule has 2 nitrogen and oxygen atoms in total. The zero-order chi connectivity index (χ0) is 10.8. The summed E-state index contributed by atoms with van der Waals surface area (Å²) in [6.45, 7) is 3.28. The number of halogens is 1. The van der Waals surface area contributed by atoms with Crippen molar-refractivity contribution >= 4 is 11.1 Å². The number of rotatable bonds is 3. The maximum atomic E-state index is 12.6. The van der Waals surface area contributed by atoms with E-state index >= 15 is 0 Å². The third-order valence-electron chi connectivity index (χ3n) is 1.99. The van der Waals surface area contributed by atoms with Gasteiger partial charge in [-0.3, -0.25) is 4.21 Å². The van der Waals surface area contributed by atoms with E-state index in [1.807, 2.05) is 0 Å². The predicted molar refractivity (Wildman–Crippen MR) is 53.1 cm³/mol. The molecule has 4 heteroatoms. The highest BCUT2D eigenvalue weighted by atomic mass is 32.2. The van der Waals surface area contributed by atoms with Gasteiger partial charge in [-0.05, 0) is 49.0 Å². The summed E-state index contributed by atoms with van der Waals surface area (Å²) in [5.74, 6) is -0.310. The number of hydrogen-bond donors (Lipinski definition) is 0. The van der Waals surface area contributed by atoms with E-state index < -0.39 is 15.8 Å². The van der Waals surface area contributed by atoms with Gasteiger partial charge in [0.25, 0.3) is 0 Å². The number of benzene rings is 1. The van der Waals surface area contributed by atoms with Crippen molar-refractivity contribution < 1.29 is 13.2 Å². The first-order valence-electron chi connectivity index (χ1n) is 4.25. The quantitative estimate of drug-likeness (QED) is 0.724. The highest BCUT2D eigenvalue weighted by molar-refractivity contribution is 7.80. The zero-order valence-corrected chi connectivity index (χ0v) is 8.94. The fourth-order valence-corrected chi connectivity index (χ4v) is 1.44. The Kier molecular flexibility index (Phi) is 3.39. The Hall–Kier alpha value is -0.740. The van der Waals surface area contributed by atoms with Gasteiger partial charge in [-0.15, -0.1) is 0 Å². The van der Waals surface area contributed by atoms with Crippen LogP contribution in [0.25, 0.3) is 0 Å². The summed E-state index contributed by atoms with van der Waals surface area (Å²) < 4.78 is 33.4. The first kappa shape index (κ1) is 11.3. The molecule has 0 heterocycles. The first-order chi connectivity index (χ1) is 6.42. The molecule has 0 aromatic heterocycles. The summed E-state index contributed by atoms with van der Waals surface area (Å²) in [7, 11) is 0. The highest BCUT2D eigenvalue weighted by Gasteiger charge is 2.19. The largest absolute Gasteiger partial charge is 0.772 e. The van der Waals surface area contributed by atoms with E-state index in [9.17, 15) is 13.2 Å². The molecule has 0 saturated heterocycles. The molecule has 0 bridgehead atoms. The van der Waals surface area contributed by atoms with Gasteiger partial charge in [-0.25, -0.2) is 4.39 Å². The van der Waals surface area contributed by atoms with E-state index in [2.05, 4.69) is 0 Å². The smallest absolute Gasteiger partial charge is 0.123 e. The second-order valence-electron chi connectivity index (χ2n) is 3.80. The summed E-state index contributed by atoms with van der Waals surface area (Å²) in [5, 5.41) is 0. The topological polar surface area (TPSA) is 40.1 Å². The molecule has 0 spiro atoms. The third-order valence-corrected chi connectivity index (χ3v) is 3.04. The molecule has 0 radical (unpaired) electrons. The van der Waals surface area contributed by atoms with E-state index in [4.69, 9.17) is 0 Å². The molecule has 0 fully saturated rings. The standard InChI is InChI=1S/C10H13FO2S/c1-10(2,14(12)13)7-8-3-5-9(11)6-4-8/h3-6H,7H2,1-2H3,(H,12,13)/p-1. The van der Waals surface area contributed by atoms with E-state index in [0.29, 0.717) is 6.42 Å². The lowest BCUT2D eigenvalue weighted by Gasteiger charge is -2.27. The minimum absolute atomic E-state index is 0.310. The van der Waals surface area contributed by atoms with Gasteiger partial charge < -0.3 is 4.55 Å². The van der Waals surface area contributed by atoms with Crippen molar-refractivity contribution in [2.45, 2.75) is 25.0 Å². The fraction of sp³-hybridized carbons (Fsp3) is 0.400. The molecule has 78 valence electrons. The lowest BCUT2D eigenvalue weighted by molar-refractivity contribution is 0.493. The Morgan fingerprint density at radius 3 is 2.29 bits per heavy atom. The van der Waals surface area contributed by atoms with Crippen molar-refractivity contribution in [2.75, 3.05) is 0 Å². The average molecular weight is 215 g/mol. The fourth-order valence-electron chi connectivity index (χ4n) is 1.15. The molecule has 14 heavy (non-hydrogen) atoms. The van der Waals surface area contributed by atoms with Crippen LogP contribution in [-0.4, -0.2) is 13.5 Å². The van der Waals surface area contributed by atoms with Gasteiger partial charge in [0.2, 0.25) is 0 Å². The first-order valence-corrected chi connectivity index (χ1v) is 5.33. The monoisotopic (exact) mass is 215 g/mol. The van der Waals surface area contributed by atoms with Crippen LogP contribution in [-0.2, 0) is 17.5 Å². The second kappa shape index (κ2) is 4.19. The van der Waals surface area contributed by atoms with Crippen molar-refractivity contribution in [1.29, 1.82) is 0 Å². The van der Waals surface area contributed by atoms with Crippen LogP contribution in [0.5, 0.6) is 0 Å². The minimum Gasteiger partial charge on any atom is -0.772 e. The molecule has 0 amide bonds. The van der Waals surface area contributed by atoms with Crippen LogP contribution in [0.3, 0.4) is 0 Å². The van der Waals surface area contributed by atoms with Crippen LogP contribution in [0.15, 0.2) is 24.3 Å². The molecule has 0 aliphatic carbocycles. The van der Waals surface area contributed by atoms with Gasteiger partial charge >= 0.3 is 0 Å². The molecule has 1 aromatic rings. The van der Waals surface area contributed by atoms with Gasteiger partial charge in [-0.1, -0.05) is 12.1 Å². The summed E-state index contributed by atoms with van der Waals surface area (Å²) in [5.41, 5.74) is 0.820. The SMILES string of the molecule is CC(C)(Cc1ccc(F)cc1)S(=O)[O-]. The summed E-state index contributed by atoms with van der Waals surface area (Å²) in [6.07, 6.45) is 0.392. The molecule has 1 atom stereocenters. The van der Waals surface area contributed by atoms with Crippen LogP contribution in [0, 0.1) is 5.82 Å². The van der Waals surface area contributed by atoms with Crippen molar-refractivity contribution in [3.05, 3.63) is 35.6 Å². The molecule has 1 unspecified atom stereocenters. The van der Waals surface area contributed by atoms with Crippen molar-refractivity contribution in [3.63, 3.8) is 0 Å². The van der Waals surface area contributed by atoms with Crippen LogP contribution in [0.2, 0.25) is 0 Å². The van der Waals surface area contributed by atoms with Crippen LogP contribution in [0.1, 0.15) is 19.4 Å². The summed E-state index contributed by atoms with van der Waals surface area (Å²) in [6, 6.07) is 5.87. The van der Waals surface area contributed by atoms with Crippen LogP contribution < -0.4 is 0 Å². The molecular weight excluding hydrogens is 203 g/mol. The molecule has 0 aliphatic heterocycles. The van der Waals surface area contributed by atoms with E-state index in [-0.39, 0.29) is 5.82 Å². The van der Waals surface area contributed by atoms with E-state index in [1.54, 1.807) is 26.0 Å². The Morgan fingerprint density at radius 2 is 1.86 bits per heavy atom. The lowest BCUT2D eigenvalue weighted by atomic mass is 10.0. The van der Waals surface area contributed by atoms with Gasteiger partial charge in [-0.2, -0.15) is 0 Å². The highest BCUT2D eigenvalue weighted by Crippen LogP contribution is 2.18. The van der Waals surface area contributed by atoms with Crippen molar-refractivity contribution in [1.82, 2.24) is 0 Å². The Morgan fingerprint density at radius 1 is 1.36 bits per heavy atom. The van der Waals surface area contributed by atoms with E-state index in [0.717, 1.165) is 5.56 Å². The Labute approximate surface area is 85.4 Å². The van der Waals surface area contributed by atoms with Gasteiger partial charge in [0.05, 0.1) is 0 Å². The Bertz CT molecular complexity index is 332.